The summed E-state index contributed by atoms with van der Waals surface area (Å²) in [6.45, 7) is 0.567. The van der Waals surface area contributed by atoms with Gasteiger partial charge in [0.25, 0.3) is 0 Å². The van der Waals surface area contributed by atoms with E-state index in [9.17, 15) is 13.2 Å². The Morgan fingerprint density at radius 3 is 2.62 bits per heavy atom. The molecule has 29 heavy (non-hydrogen) atoms. The van der Waals surface area contributed by atoms with E-state index in [1.165, 1.54) is 27.3 Å². The lowest BCUT2D eigenvalue weighted by Gasteiger charge is -2.14. The number of methoxy groups -OCH3 is 1. The molecule has 0 saturated carbocycles. The molecule has 0 spiro atoms. The number of hydrogen-bond acceptors (Lipinski definition) is 6. The molecule has 0 aliphatic carbocycles. The third-order valence-electron chi connectivity index (χ3n) is 4.58. The lowest BCUT2D eigenvalue weighted by Crippen LogP contribution is -2.23. The van der Waals surface area contributed by atoms with E-state index >= 15 is 0 Å². The van der Waals surface area contributed by atoms with E-state index in [0.29, 0.717) is 35.8 Å². The topological polar surface area (TPSA) is 94.2 Å². The fraction of sp³-hybridized carbons (Fsp3) is 0.350. The monoisotopic (exact) mass is 420 g/mol. The Hall–Kier alpha value is -2.78. The van der Waals surface area contributed by atoms with Crippen molar-refractivity contribution >= 4 is 15.9 Å². The van der Waals surface area contributed by atoms with Crippen LogP contribution in [0.2, 0.25) is 0 Å². The molecular formula is C20H24N2O6S. The number of ether oxygens (including phenoxy) is 3. The van der Waals surface area contributed by atoms with Crippen LogP contribution in [-0.4, -0.2) is 46.6 Å². The molecule has 3 rings (SSSR count). The van der Waals surface area contributed by atoms with Crippen molar-refractivity contribution in [2.45, 2.75) is 24.3 Å². The Morgan fingerprint density at radius 1 is 1.14 bits per heavy atom. The van der Waals surface area contributed by atoms with Crippen molar-refractivity contribution in [1.82, 2.24) is 9.62 Å². The van der Waals surface area contributed by atoms with E-state index in [-0.39, 0.29) is 24.0 Å². The number of nitrogens with zero attached hydrogens (tertiary/aromatic N) is 1. The second kappa shape index (κ2) is 8.71. The minimum Gasteiger partial charge on any atom is -0.496 e. The summed E-state index contributed by atoms with van der Waals surface area (Å²) in [5.74, 6) is 1.76. The molecule has 1 heterocycles. The molecule has 2 aromatic rings. The first-order valence-corrected chi connectivity index (χ1v) is 10.5. The van der Waals surface area contributed by atoms with Crippen molar-refractivity contribution in [3.63, 3.8) is 0 Å². The summed E-state index contributed by atoms with van der Waals surface area (Å²) in [7, 11) is 0.903. The van der Waals surface area contributed by atoms with Crippen molar-refractivity contribution in [1.29, 1.82) is 0 Å². The Labute approximate surface area is 170 Å². The average Bonchev–Trinajstić information content (AvgIpc) is 3.18. The zero-order valence-corrected chi connectivity index (χ0v) is 17.4. The standard InChI is InChI=1S/C20H24N2O6S/c1-22(2)29(24,25)16-6-8-17(26-3)15(11-16)5-9-20(23)21-12-14-4-7-18-19(10-14)28-13-27-18/h4,6-8,10-11H,5,9,12-13H2,1-3H3,(H,21,23). The molecule has 0 aromatic heterocycles. The summed E-state index contributed by atoms with van der Waals surface area (Å²) < 4.78 is 41.8. The molecule has 156 valence electrons. The fourth-order valence-electron chi connectivity index (χ4n) is 2.91. The SMILES string of the molecule is COc1ccc(S(=O)(=O)N(C)C)cc1CCC(=O)NCc1ccc2c(c1)OCO2. The van der Waals surface area contributed by atoms with Gasteiger partial charge in [0, 0.05) is 27.1 Å². The van der Waals surface area contributed by atoms with Crippen LogP contribution in [0.25, 0.3) is 0 Å². The van der Waals surface area contributed by atoms with Gasteiger partial charge >= 0.3 is 0 Å². The normalized spacial score (nSPS) is 12.8. The number of fused-ring (bicyclic) bond motifs is 1. The number of carbonyl (C=O) groups excluding carboxylic acids is 1. The van der Waals surface area contributed by atoms with E-state index in [2.05, 4.69) is 5.32 Å². The number of sulfonamides is 1. The van der Waals surface area contributed by atoms with Gasteiger partial charge in [0.2, 0.25) is 22.7 Å². The van der Waals surface area contributed by atoms with Gasteiger partial charge in [-0.05, 0) is 47.9 Å². The van der Waals surface area contributed by atoms with E-state index in [1.807, 2.05) is 18.2 Å². The molecule has 0 unspecified atom stereocenters. The summed E-state index contributed by atoms with van der Waals surface area (Å²) in [6, 6.07) is 10.2. The van der Waals surface area contributed by atoms with Crippen LogP contribution in [0, 0.1) is 0 Å². The minimum absolute atomic E-state index is 0.148. The van der Waals surface area contributed by atoms with Gasteiger partial charge in [0.15, 0.2) is 11.5 Å². The zero-order chi connectivity index (χ0) is 21.0. The Balaban J connectivity index is 1.62. The van der Waals surface area contributed by atoms with Crippen molar-refractivity contribution in [3.8, 4) is 17.2 Å². The average molecular weight is 420 g/mol. The number of nitrogens with one attached hydrogen (secondary N) is 1. The number of aryl methyl sites for hydroxylation is 1. The summed E-state index contributed by atoms with van der Waals surface area (Å²) in [5.41, 5.74) is 1.56. The van der Waals surface area contributed by atoms with Gasteiger partial charge in [-0.3, -0.25) is 4.79 Å². The highest BCUT2D eigenvalue weighted by molar-refractivity contribution is 7.89. The number of carbonyl (C=O) groups is 1. The van der Waals surface area contributed by atoms with Gasteiger partial charge < -0.3 is 19.5 Å². The van der Waals surface area contributed by atoms with E-state index in [0.717, 1.165) is 9.87 Å². The molecule has 0 bridgehead atoms. The molecule has 1 aliphatic heterocycles. The van der Waals surface area contributed by atoms with Crippen molar-refractivity contribution in [2.24, 2.45) is 0 Å². The smallest absolute Gasteiger partial charge is 0.242 e. The maximum Gasteiger partial charge on any atom is 0.242 e. The third kappa shape index (κ3) is 4.80. The minimum atomic E-state index is -3.56. The van der Waals surface area contributed by atoms with E-state index < -0.39 is 10.0 Å². The van der Waals surface area contributed by atoms with Crippen molar-refractivity contribution in [2.75, 3.05) is 28.0 Å². The van der Waals surface area contributed by atoms with Crippen LogP contribution in [0.15, 0.2) is 41.3 Å². The molecule has 1 aliphatic rings. The highest BCUT2D eigenvalue weighted by atomic mass is 32.2. The number of rotatable bonds is 8. The Kier molecular flexibility index (Phi) is 6.29. The highest BCUT2D eigenvalue weighted by Crippen LogP contribution is 2.32. The Morgan fingerprint density at radius 2 is 1.90 bits per heavy atom. The quantitative estimate of drug-likeness (QED) is 0.701. The molecule has 8 nitrogen and oxygen atoms in total. The van der Waals surface area contributed by atoms with E-state index in [4.69, 9.17) is 14.2 Å². The second-order valence-corrected chi connectivity index (χ2v) is 8.88. The largest absolute Gasteiger partial charge is 0.496 e. The molecule has 1 amide bonds. The van der Waals surface area contributed by atoms with Crippen LogP contribution in [0.4, 0.5) is 0 Å². The number of amides is 1. The first kappa shape index (κ1) is 20.9. The predicted molar refractivity (Wildman–Crippen MR) is 107 cm³/mol. The lowest BCUT2D eigenvalue weighted by molar-refractivity contribution is -0.121. The first-order chi connectivity index (χ1) is 13.8. The fourth-order valence-corrected chi connectivity index (χ4v) is 3.86. The van der Waals surface area contributed by atoms with Crippen molar-refractivity contribution in [3.05, 3.63) is 47.5 Å². The predicted octanol–water partition coefficient (Wildman–Crippen LogP) is 1.92. The zero-order valence-electron chi connectivity index (χ0n) is 16.6. The van der Waals surface area contributed by atoms with Gasteiger partial charge in [-0.1, -0.05) is 6.07 Å². The van der Waals surface area contributed by atoms with Gasteiger partial charge in [0.1, 0.15) is 5.75 Å². The Bertz CT molecular complexity index is 1000. The maximum atomic E-state index is 12.3. The molecule has 1 N–H and O–H groups in total. The van der Waals surface area contributed by atoms with Gasteiger partial charge in [-0.25, -0.2) is 12.7 Å². The first-order valence-electron chi connectivity index (χ1n) is 9.06. The molecule has 0 saturated heterocycles. The summed E-state index contributed by atoms with van der Waals surface area (Å²) >= 11 is 0. The van der Waals surface area contributed by atoms with Gasteiger partial charge in [-0.15, -0.1) is 0 Å². The molecule has 0 fully saturated rings. The van der Waals surface area contributed by atoms with Crippen LogP contribution in [0.5, 0.6) is 17.2 Å². The molecular weight excluding hydrogens is 396 g/mol. The maximum absolute atomic E-state index is 12.3. The summed E-state index contributed by atoms with van der Waals surface area (Å²) in [5, 5.41) is 2.86. The number of benzene rings is 2. The van der Waals surface area contributed by atoms with E-state index in [1.54, 1.807) is 12.1 Å². The van der Waals surface area contributed by atoms with Crippen LogP contribution in [0.3, 0.4) is 0 Å². The highest BCUT2D eigenvalue weighted by Gasteiger charge is 2.19. The molecule has 2 aromatic carbocycles. The summed E-state index contributed by atoms with van der Waals surface area (Å²) in [4.78, 5) is 12.4. The third-order valence-corrected chi connectivity index (χ3v) is 6.39. The number of hydrogen-bond donors (Lipinski definition) is 1. The van der Waals surface area contributed by atoms with Crippen LogP contribution in [0.1, 0.15) is 17.5 Å². The van der Waals surface area contributed by atoms with Crippen molar-refractivity contribution < 1.29 is 27.4 Å². The van der Waals surface area contributed by atoms with Crippen LogP contribution < -0.4 is 19.5 Å². The summed E-state index contributed by atoms with van der Waals surface area (Å²) in [6.07, 6.45) is 0.555. The van der Waals surface area contributed by atoms with Gasteiger partial charge in [0.05, 0.1) is 12.0 Å². The van der Waals surface area contributed by atoms with Gasteiger partial charge in [-0.2, -0.15) is 0 Å². The molecule has 0 atom stereocenters. The molecule has 0 radical (unpaired) electrons. The lowest BCUT2D eigenvalue weighted by atomic mass is 10.1. The van der Waals surface area contributed by atoms with Crippen LogP contribution in [-0.2, 0) is 27.8 Å². The molecule has 9 heteroatoms. The van der Waals surface area contributed by atoms with Crippen LogP contribution >= 0.6 is 0 Å². The second-order valence-electron chi connectivity index (χ2n) is 6.73.